The molecule has 0 aliphatic carbocycles. The van der Waals surface area contributed by atoms with Crippen LogP contribution in [0.4, 0.5) is 11.4 Å². The Bertz CT molecular complexity index is 766. The molecule has 0 spiro atoms. The Morgan fingerprint density at radius 1 is 1.14 bits per heavy atom. The summed E-state index contributed by atoms with van der Waals surface area (Å²) in [5.74, 6) is 5.27. The van der Waals surface area contributed by atoms with Crippen LogP contribution in [0.3, 0.4) is 0 Å². The van der Waals surface area contributed by atoms with Gasteiger partial charge in [0.25, 0.3) is 0 Å². The maximum atomic E-state index is 11.1. The number of benzene rings is 2. The highest BCUT2D eigenvalue weighted by Gasteiger charge is 2.19. The lowest BCUT2D eigenvalue weighted by Crippen LogP contribution is -2.34. The van der Waals surface area contributed by atoms with Crippen molar-refractivity contribution in [1.29, 1.82) is 0 Å². The van der Waals surface area contributed by atoms with E-state index in [-0.39, 0.29) is 12.0 Å². The van der Waals surface area contributed by atoms with E-state index < -0.39 is 0 Å². The summed E-state index contributed by atoms with van der Waals surface area (Å²) in [6.07, 6.45) is 4.67. The van der Waals surface area contributed by atoms with E-state index in [0.717, 1.165) is 24.7 Å². The highest BCUT2D eigenvalue weighted by molar-refractivity contribution is 5.69. The molecule has 0 aromatic heterocycles. The summed E-state index contributed by atoms with van der Waals surface area (Å²) in [4.78, 5) is 17.8. The van der Waals surface area contributed by atoms with Gasteiger partial charge in [-0.15, -0.1) is 0 Å². The van der Waals surface area contributed by atoms with E-state index in [2.05, 4.69) is 77.4 Å². The molecule has 3 rings (SSSR count). The molecule has 2 aromatic carbocycles. The zero-order valence-corrected chi connectivity index (χ0v) is 17.6. The molecular weight excluding hydrogens is 362 g/mol. The summed E-state index contributed by atoms with van der Waals surface area (Å²) < 4.78 is 0. The molecule has 3 N–H and O–H groups in total. The van der Waals surface area contributed by atoms with Crippen molar-refractivity contribution in [2.75, 3.05) is 23.3 Å². The molecule has 2 aromatic rings. The van der Waals surface area contributed by atoms with Gasteiger partial charge in [-0.1, -0.05) is 29.8 Å². The minimum Gasteiger partial charge on any atom is -0.383 e. The summed E-state index contributed by atoms with van der Waals surface area (Å²) in [6, 6.07) is 17.7. The van der Waals surface area contributed by atoms with Gasteiger partial charge in [-0.25, -0.2) is 0 Å². The summed E-state index contributed by atoms with van der Waals surface area (Å²) >= 11 is 0. The van der Waals surface area contributed by atoms with Crippen LogP contribution in [-0.4, -0.2) is 25.1 Å². The molecule has 1 saturated heterocycles. The standard InChI is InChI=1S/C24H33N3O2/c1-18-3-6-20(7-4-18)17-21-13-15-27(16-14-21)23-10-8-22(9-11-23)26-19(2)5-12-24(28)29-25/h3-4,6-11,19,21,26H,5,12-17,25H2,1-2H3. The Balaban J connectivity index is 1.44. The van der Waals surface area contributed by atoms with Gasteiger partial charge >= 0.3 is 5.97 Å². The van der Waals surface area contributed by atoms with Crippen molar-refractivity contribution in [2.24, 2.45) is 11.8 Å². The number of nitrogens with one attached hydrogen (secondary N) is 1. The molecule has 0 radical (unpaired) electrons. The number of aryl methyl sites for hydroxylation is 1. The minimum absolute atomic E-state index is 0.178. The zero-order valence-electron chi connectivity index (χ0n) is 17.6. The van der Waals surface area contributed by atoms with Crippen LogP contribution < -0.4 is 16.1 Å². The summed E-state index contributed by atoms with van der Waals surface area (Å²) in [5.41, 5.74) is 5.13. The third-order valence-electron chi connectivity index (χ3n) is 5.82. The van der Waals surface area contributed by atoms with Crippen LogP contribution in [-0.2, 0) is 16.1 Å². The molecular formula is C24H33N3O2. The van der Waals surface area contributed by atoms with Gasteiger partial charge in [-0.3, -0.25) is 4.79 Å². The minimum atomic E-state index is -0.375. The zero-order chi connectivity index (χ0) is 20.6. The van der Waals surface area contributed by atoms with E-state index >= 15 is 0 Å². The van der Waals surface area contributed by atoms with E-state index in [0.29, 0.717) is 12.8 Å². The maximum Gasteiger partial charge on any atom is 0.324 e. The number of rotatable bonds is 8. The highest BCUT2D eigenvalue weighted by atomic mass is 16.7. The van der Waals surface area contributed by atoms with Gasteiger partial charge in [-0.05, 0) is 75.3 Å². The van der Waals surface area contributed by atoms with Gasteiger partial charge in [0.1, 0.15) is 0 Å². The summed E-state index contributed by atoms with van der Waals surface area (Å²) in [6.45, 7) is 6.42. The molecule has 1 aliphatic heterocycles. The Morgan fingerprint density at radius 2 is 1.79 bits per heavy atom. The van der Waals surface area contributed by atoms with Crippen LogP contribution in [0.2, 0.25) is 0 Å². The molecule has 156 valence electrons. The third kappa shape index (κ3) is 6.50. The third-order valence-corrected chi connectivity index (χ3v) is 5.82. The number of carbonyl (C=O) groups excluding carboxylic acids is 1. The molecule has 0 amide bonds. The van der Waals surface area contributed by atoms with Crippen LogP contribution in [0.5, 0.6) is 0 Å². The number of nitrogens with two attached hydrogens (primary N) is 1. The molecule has 1 heterocycles. The number of piperidine rings is 1. The Hall–Kier alpha value is -2.53. The fourth-order valence-electron chi connectivity index (χ4n) is 3.97. The van der Waals surface area contributed by atoms with E-state index in [1.807, 2.05) is 0 Å². The van der Waals surface area contributed by atoms with Gasteiger partial charge in [-0.2, -0.15) is 5.90 Å². The van der Waals surface area contributed by atoms with Crippen molar-refractivity contribution < 1.29 is 9.63 Å². The quantitative estimate of drug-likeness (QED) is 0.646. The molecule has 5 heteroatoms. The van der Waals surface area contributed by atoms with E-state index in [1.54, 1.807) is 0 Å². The second-order valence-electron chi connectivity index (χ2n) is 8.24. The first-order valence-corrected chi connectivity index (χ1v) is 10.6. The monoisotopic (exact) mass is 395 g/mol. The fourth-order valence-corrected chi connectivity index (χ4v) is 3.97. The summed E-state index contributed by atoms with van der Waals surface area (Å²) in [5, 5.41) is 3.42. The predicted octanol–water partition coefficient (Wildman–Crippen LogP) is 4.45. The second kappa shape index (κ2) is 10.3. The van der Waals surface area contributed by atoms with Crippen molar-refractivity contribution in [3.05, 3.63) is 59.7 Å². The van der Waals surface area contributed by atoms with Crippen LogP contribution in [0.25, 0.3) is 0 Å². The summed E-state index contributed by atoms with van der Waals surface area (Å²) in [7, 11) is 0. The maximum absolute atomic E-state index is 11.1. The van der Waals surface area contributed by atoms with Gasteiger partial charge in [0.2, 0.25) is 0 Å². The normalized spacial score (nSPS) is 15.8. The van der Waals surface area contributed by atoms with Crippen LogP contribution >= 0.6 is 0 Å². The van der Waals surface area contributed by atoms with Crippen LogP contribution in [0.15, 0.2) is 48.5 Å². The van der Waals surface area contributed by atoms with Gasteiger partial charge in [0.15, 0.2) is 0 Å². The molecule has 0 saturated carbocycles. The van der Waals surface area contributed by atoms with E-state index in [9.17, 15) is 4.79 Å². The average Bonchev–Trinajstić information content (AvgIpc) is 2.75. The van der Waals surface area contributed by atoms with Crippen molar-refractivity contribution in [1.82, 2.24) is 0 Å². The smallest absolute Gasteiger partial charge is 0.324 e. The number of carbonyl (C=O) groups is 1. The first-order valence-electron chi connectivity index (χ1n) is 10.6. The molecule has 5 nitrogen and oxygen atoms in total. The predicted molar refractivity (Wildman–Crippen MR) is 119 cm³/mol. The Labute approximate surface area is 174 Å². The van der Waals surface area contributed by atoms with E-state index in [1.165, 1.54) is 36.1 Å². The molecule has 1 fully saturated rings. The van der Waals surface area contributed by atoms with Crippen molar-refractivity contribution in [3.63, 3.8) is 0 Å². The second-order valence-corrected chi connectivity index (χ2v) is 8.24. The average molecular weight is 396 g/mol. The SMILES string of the molecule is Cc1ccc(CC2CCN(c3ccc(NC(C)CCC(=O)ON)cc3)CC2)cc1. The van der Waals surface area contributed by atoms with Crippen molar-refractivity contribution >= 4 is 17.3 Å². The van der Waals surface area contributed by atoms with Gasteiger partial charge in [0, 0.05) is 36.9 Å². The number of nitrogens with zero attached hydrogens (tertiary/aromatic N) is 1. The Kier molecular flexibility index (Phi) is 7.53. The van der Waals surface area contributed by atoms with Gasteiger partial charge in [0.05, 0.1) is 0 Å². The topological polar surface area (TPSA) is 67.6 Å². The number of hydrogen-bond acceptors (Lipinski definition) is 5. The Morgan fingerprint density at radius 3 is 2.41 bits per heavy atom. The first-order chi connectivity index (χ1) is 14.0. The number of hydrogen-bond donors (Lipinski definition) is 2. The first kappa shape index (κ1) is 21.2. The largest absolute Gasteiger partial charge is 0.383 e. The fraction of sp³-hybridized carbons (Fsp3) is 0.458. The van der Waals surface area contributed by atoms with Gasteiger partial charge < -0.3 is 15.1 Å². The van der Waals surface area contributed by atoms with Crippen LogP contribution in [0.1, 0.15) is 43.7 Å². The lowest BCUT2D eigenvalue weighted by Gasteiger charge is -2.34. The molecule has 29 heavy (non-hydrogen) atoms. The molecule has 1 aliphatic rings. The van der Waals surface area contributed by atoms with Crippen molar-refractivity contribution in [2.45, 2.75) is 52.0 Å². The molecule has 0 bridgehead atoms. The van der Waals surface area contributed by atoms with Crippen molar-refractivity contribution in [3.8, 4) is 0 Å². The lowest BCUT2D eigenvalue weighted by molar-refractivity contribution is -0.144. The van der Waals surface area contributed by atoms with Crippen LogP contribution in [0, 0.1) is 12.8 Å². The van der Waals surface area contributed by atoms with E-state index in [4.69, 9.17) is 5.90 Å². The lowest BCUT2D eigenvalue weighted by atomic mass is 9.90. The highest BCUT2D eigenvalue weighted by Crippen LogP contribution is 2.27. The molecule has 1 unspecified atom stereocenters. The molecule has 1 atom stereocenters. The number of anilines is 2.